The van der Waals surface area contributed by atoms with Crippen molar-refractivity contribution in [2.24, 2.45) is 0 Å². The smallest absolute Gasteiger partial charge is 0.410 e. The first-order valence-corrected chi connectivity index (χ1v) is 6.51. The summed E-state index contributed by atoms with van der Waals surface area (Å²) in [6.07, 6.45) is -0.0954. The highest BCUT2D eigenvalue weighted by Gasteiger charge is 2.28. The van der Waals surface area contributed by atoms with Crippen LogP contribution in [0.15, 0.2) is 6.07 Å². The van der Waals surface area contributed by atoms with E-state index in [1.807, 2.05) is 0 Å². The Labute approximate surface area is 127 Å². The third-order valence-electron chi connectivity index (χ3n) is 2.29. The highest BCUT2D eigenvalue weighted by atomic mass is 35.5. The molecule has 0 aliphatic rings. The van der Waals surface area contributed by atoms with Gasteiger partial charge in [-0.1, -0.05) is 23.2 Å². The van der Waals surface area contributed by atoms with Crippen LogP contribution in [0.5, 0.6) is 0 Å². The summed E-state index contributed by atoms with van der Waals surface area (Å²) >= 11 is 11.6. The summed E-state index contributed by atoms with van der Waals surface area (Å²) in [7, 11) is 1.43. The zero-order valence-electron chi connectivity index (χ0n) is 11.6. The van der Waals surface area contributed by atoms with Crippen molar-refractivity contribution in [3.8, 4) is 0 Å². The van der Waals surface area contributed by atoms with Crippen LogP contribution in [0.25, 0.3) is 0 Å². The number of nitrogens with zero attached hydrogens (tertiary/aromatic N) is 3. The van der Waals surface area contributed by atoms with Gasteiger partial charge in [-0.05, 0) is 26.8 Å². The third-order valence-corrected chi connectivity index (χ3v) is 2.77. The van der Waals surface area contributed by atoms with E-state index in [1.165, 1.54) is 13.1 Å². The highest BCUT2D eigenvalue weighted by Crippen LogP contribution is 2.26. The summed E-state index contributed by atoms with van der Waals surface area (Å²) in [4.78, 5) is 24.4. The molecule has 1 aromatic rings. The summed E-state index contributed by atoms with van der Waals surface area (Å²) in [5.74, 6) is 0. The van der Waals surface area contributed by atoms with E-state index in [2.05, 4.69) is 10.2 Å². The van der Waals surface area contributed by atoms with Crippen molar-refractivity contribution in [2.75, 3.05) is 7.05 Å². The van der Waals surface area contributed by atoms with E-state index in [1.54, 1.807) is 20.8 Å². The van der Waals surface area contributed by atoms with E-state index in [-0.39, 0.29) is 15.9 Å². The van der Waals surface area contributed by atoms with Gasteiger partial charge < -0.3 is 9.53 Å². The van der Waals surface area contributed by atoms with Crippen LogP contribution in [0.3, 0.4) is 0 Å². The van der Waals surface area contributed by atoms with Gasteiger partial charge in [-0.3, -0.25) is 4.90 Å². The lowest BCUT2D eigenvalue weighted by atomic mass is 10.1. The van der Waals surface area contributed by atoms with Crippen LogP contribution in [-0.4, -0.2) is 40.1 Å². The molecule has 0 aromatic carbocycles. The Kier molecular flexibility index (Phi) is 5.30. The Balaban J connectivity index is 3.04. The molecule has 0 aliphatic carbocycles. The molecule has 110 valence electrons. The Bertz CT molecular complexity index is 517. The number of aromatic nitrogens is 2. The summed E-state index contributed by atoms with van der Waals surface area (Å²) in [5.41, 5.74) is -0.383. The largest absolute Gasteiger partial charge is 0.444 e. The van der Waals surface area contributed by atoms with Crippen LogP contribution in [0, 0.1) is 0 Å². The van der Waals surface area contributed by atoms with Gasteiger partial charge in [-0.2, -0.15) is 0 Å². The van der Waals surface area contributed by atoms with Crippen LogP contribution in [-0.2, 0) is 9.53 Å². The standard InChI is InChI=1S/C12H15Cl2N3O3/c1-12(2,3)20-11(19)17(4)8(6-18)7-5-9(13)15-16-10(7)14/h5-6,8H,1-4H3. The van der Waals surface area contributed by atoms with Gasteiger partial charge in [0.05, 0.1) is 0 Å². The van der Waals surface area contributed by atoms with E-state index < -0.39 is 17.7 Å². The van der Waals surface area contributed by atoms with E-state index >= 15 is 0 Å². The summed E-state index contributed by atoms with van der Waals surface area (Å²) in [6, 6.07) is 0.432. The van der Waals surface area contributed by atoms with Crippen molar-refractivity contribution in [1.29, 1.82) is 0 Å². The Morgan fingerprint density at radius 1 is 1.40 bits per heavy atom. The van der Waals surface area contributed by atoms with Crippen LogP contribution < -0.4 is 0 Å². The Morgan fingerprint density at radius 2 is 2.00 bits per heavy atom. The number of carbonyl (C=O) groups is 2. The molecule has 0 spiro atoms. The summed E-state index contributed by atoms with van der Waals surface area (Å²) in [5, 5.41) is 7.24. The van der Waals surface area contributed by atoms with E-state index in [0.717, 1.165) is 4.90 Å². The molecule has 0 saturated carbocycles. The minimum Gasteiger partial charge on any atom is -0.444 e. The van der Waals surface area contributed by atoms with Crippen LogP contribution >= 0.6 is 23.2 Å². The monoisotopic (exact) mass is 319 g/mol. The second kappa shape index (κ2) is 6.37. The summed E-state index contributed by atoms with van der Waals surface area (Å²) in [6.45, 7) is 5.19. The molecule has 0 aliphatic heterocycles. The lowest BCUT2D eigenvalue weighted by Crippen LogP contribution is -2.37. The number of amides is 1. The lowest BCUT2D eigenvalue weighted by Gasteiger charge is -2.28. The van der Waals surface area contributed by atoms with Crippen molar-refractivity contribution in [3.63, 3.8) is 0 Å². The maximum Gasteiger partial charge on any atom is 0.410 e. The van der Waals surface area contributed by atoms with Gasteiger partial charge in [0.2, 0.25) is 0 Å². The van der Waals surface area contributed by atoms with Crippen molar-refractivity contribution in [1.82, 2.24) is 15.1 Å². The molecule has 1 aromatic heterocycles. The zero-order valence-corrected chi connectivity index (χ0v) is 13.1. The van der Waals surface area contributed by atoms with Gasteiger partial charge in [0.25, 0.3) is 0 Å². The van der Waals surface area contributed by atoms with E-state index in [0.29, 0.717) is 6.29 Å². The van der Waals surface area contributed by atoms with Gasteiger partial charge in [-0.15, -0.1) is 10.2 Å². The number of halogens is 2. The molecular weight excluding hydrogens is 305 g/mol. The molecule has 0 radical (unpaired) electrons. The van der Waals surface area contributed by atoms with Gasteiger partial charge >= 0.3 is 6.09 Å². The first-order chi connectivity index (χ1) is 9.15. The molecular formula is C12H15Cl2N3O3. The van der Waals surface area contributed by atoms with Gasteiger partial charge in [-0.25, -0.2) is 4.79 Å². The van der Waals surface area contributed by atoms with Crippen LogP contribution in [0.1, 0.15) is 32.4 Å². The van der Waals surface area contributed by atoms with Crippen molar-refractivity contribution in [2.45, 2.75) is 32.4 Å². The number of carbonyl (C=O) groups excluding carboxylic acids is 2. The Hall–Kier alpha value is -1.40. The number of rotatable bonds is 3. The van der Waals surface area contributed by atoms with Crippen molar-refractivity contribution < 1.29 is 14.3 Å². The first kappa shape index (κ1) is 16.7. The molecule has 1 rings (SSSR count). The predicted molar refractivity (Wildman–Crippen MR) is 74.9 cm³/mol. The van der Waals surface area contributed by atoms with E-state index in [9.17, 15) is 9.59 Å². The quantitative estimate of drug-likeness (QED) is 0.801. The van der Waals surface area contributed by atoms with Gasteiger partial charge in [0.15, 0.2) is 10.3 Å². The molecule has 1 amide bonds. The van der Waals surface area contributed by atoms with Gasteiger partial charge in [0.1, 0.15) is 17.9 Å². The summed E-state index contributed by atoms with van der Waals surface area (Å²) < 4.78 is 5.19. The molecule has 0 bridgehead atoms. The van der Waals surface area contributed by atoms with Crippen LogP contribution in [0.2, 0.25) is 10.3 Å². The topological polar surface area (TPSA) is 72.4 Å². The number of aldehydes is 1. The number of likely N-dealkylation sites (N-methyl/N-ethyl adjacent to an activating group) is 1. The first-order valence-electron chi connectivity index (χ1n) is 5.75. The third kappa shape index (κ3) is 4.31. The molecule has 8 heteroatoms. The Morgan fingerprint density at radius 3 is 2.50 bits per heavy atom. The van der Waals surface area contributed by atoms with Gasteiger partial charge in [0, 0.05) is 12.6 Å². The minimum absolute atomic E-state index is 0.00177. The predicted octanol–water partition coefficient (Wildman–Crippen LogP) is 2.89. The molecule has 0 N–H and O–H groups in total. The van der Waals surface area contributed by atoms with Crippen molar-refractivity contribution >= 4 is 35.6 Å². The van der Waals surface area contributed by atoms with Crippen LogP contribution in [0.4, 0.5) is 4.79 Å². The SMILES string of the molecule is CN(C(=O)OC(C)(C)C)C(C=O)c1cc(Cl)nnc1Cl. The fraction of sp³-hybridized carbons (Fsp3) is 0.500. The average Bonchev–Trinajstić information content (AvgIpc) is 2.32. The molecule has 20 heavy (non-hydrogen) atoms. The number of ether oxygens (including phenoxy) is 1. The molecule has 0 fully saturated rings. The molecule has 1 heterocycles. The normalized spacial score (nSPS) is 12.7. The highest BCUT2D eigenvalue weighted by molar-refractivity contribution is 6.32. The lowest BCUT2D eigenvalue weighted by molar-refractivity contribution is -0.112. The fourth-order valence-corrected chi connectivity index (χ4v) is 1.75. The number of hydrogen-bond donors (Lipinski definition) is 0. The molecule has 0 saturated heterocycles. The average molecular weight is 320 g/mol. The maximum atomic E-state index is 12.0. The molecule has 1 atom stereocenters. The molecule has 1 unspecified atom stereocenters. The minimum atomic E-state index is -0.953. The second-order valence-corrected chi connectivity index (χ2v) is 5.83. The maximum absolute atomic E-state index is 12.0. The van der Waals surface area contributed by atoms with E-state index in [4.69, 9.17) is 27.9 Å². The zero-order chi connectivity index (χ0) is 15.5. The second-order valence-electron chi connectivity index (χ2n) is 5.09. The fourth-order valence-electron chi connectivity index (χ4n) is 1.39. The number of hydrogen-bond acceptors (Lipinski definition) is 5. The van der Waals surface area contributed by atoms with Crippen molar-refractivity contribution in [3.05, 3.63) is 21.9 Å². The molecule has 6 nitrogen and oxygen atoms in total.